The molecular weight excluding hydrogens is 218 g/mol. The molecule has 1 aliphatic rings. The highest BCUT2D eigenvalue weighted by molar-refractivity contribution is 5.46. The van der Waals surface area contributed by atoms with Crippen LogP contribution in [0.4, 0.5) is 5.69 Å². The molecule has 1 fully saturated rings. The molecule has 0 radical (unpaired) electrons. The monoisotopic (exact) mass is 245 g/mol. The Morgan fingerprint density at radius 1 is 1.17 bits per heavy atom. The van der Waals surface area contributed by atoms with Crippen molar-refractivity contribution in [2.45, 2.75) is 64.8 Å². The zero-order valence-corrected chi connectivity index (χ0v) is 11.9. The van der Waals surface area contributed by atoms with E-state index in [9.17, 15) is 0 Å². The highest BCUT2D eigenvalue weighted by atomic mass is 14.9. The van der Waals surface area contributed by atoms with Gasteiger partial charge in [-0.3, -0.25) is 0 Å². The van der Waals surface area contributed by atoms with E-state index in [4.69, 9.17) is 0 Å². The van der Waals surface area contributed by atoms with Gasteiger partial charge in [0.2, 0.25) is 0 Å². The molecule has 1 heteroatoms. The second-order valence-corrected chi connectivity index (χ2v) is 5.87. The Labute approximate surface area is 112 Å². The van der Waals surface area contributed by atoms with Crippen molar-refractivity contribution in [2.24, 2.45) is 5.92 Å². The molecule has 1 nitrogen and oxygen atoms in total. The van der Waals surface area contributed by atoms with Crippen LogP contribution in [0.5, 0.6) is 0 Å². The molecule has 1 aromatic carbocycles. The van der Waals surface area contributed by atoms with Crippen molar-refractivity contribution in [3.05, 3.63) is 29.8 Å². The van der Waals surface area contributed by atoms with Gasteiger partial charge in [0.1, 0.15) is 0 Å². The van der Waals surface area contributed by atoms with Gasteiger partial charge in [-0.2, -0.15) is 0 Å². The summed E-state index contributed by atoms with van der Waals surface area (Å²) in [6.45, 7) is 4.48. The summed E-state index contributed by atoms with van der Waals surface area (Å²) in [5.74, 6) is 0.985. The molecule has 1 N–H and O–H groups in total. The first-order valence-electron chi connectivity index (χ1n) is 7.61. The third kappa shape index (κ3) is 4.04. The average Bonchev–Trinajstić information content (AvgIpc) is 2.56. The van der Waals surface area contributed by atoms with Crippen molar-refractivity contribution in [3.63, 3.8) is 0 Å². The summed E-state index contributed by atoms with van der Waals surface area (Å²) in [5, 5.41) is 3.72. The molecule has 2 unspecified atom stereocenters. The van der Waals surface area contributed by atoms with Gasteiger partial charge in [0.15, 0.2) is 0 Å². The van der Waals surface area contributed by atoms with Crippen LogP contribution < -0.4 is 5.32 Å². The van der Waals surface area contributed by atoms with E-state index >= 15 is 0 Å². The SMILES string of the molecule is CCCC1CCCC(Nc2cccc(C)c2)CC1. The van der Waals surface area contributed by atoms with Crippen LogP contribution in [-0.4, -0.2) is 6.04 Å². The molecule has 100 valence electrons. The minimum Gasteiger partial charge on any atom is -0.382 e. The fourth-order valence-electron chi connectivity index (χ4n) is 3.19. The van der Waals surface area contributed by atoms with Crippen LogP contribution in [0.2, 0.25) is 0 Å². The molecule has 0 amide bonds. The first-order valence-corrected chi connectivity index (χ1v) is 7.61. The van der Waals surface area contributed by atoms with Crippen LogP contribution >= 0.6 is 0 Å². The van der Waals surface area contributed by atoms with E-state index in [1.807, 2.05) is 0 Å². The summed E-state index contributed by atoms with van der Waals surface area (Å²) in [6, 6.07) is 9.45. The topological polar surface area (TPSA) is 12.0 Å². The second kappa shape index (κ2) is 6.82. The van der Waals surface area contributed by atoms with Gasteiger partial charge in [-0.05, 0) is 49.8 Å². The van der Waals surface area contributed by atoms with Crippen molar-refractivity contribution >= 4 is 5.69 Å². The van der Waals surface area contributed by atoms with E-state index in [1.165, 1.54) is 56.2 Å². The minimum atomic E-state index is 0.689. The van der Waals surface area contributed by atoms with Gasteiger partial charge in [-0.15, -0.1) is 0 Å². The van der Waals surface area contributed by atoms with E-state index < -0.39 is 0 Å². The van der Waals surface area contributed by atoms with Crippen molar-refractivity contribution in [1.82, 2.24) is 0 Å². The number of hydrogen-bond donors (Lipinski definition) is 1. The smallest absolute Gasteiger partial charge is 0.0344 e. The molecule has 1 aliphatic carbocycles. The average molecular weight is 245 g/mol. The summed E-state index contributed by atoms with van der Waals surface area (Å²) < 4.78 is 0. The number of anilines is 1. The molecule has 18 heavy (non-hydrogen) atoms. The van der Waals surface area contributed by atoms with E-state index in [-0.39, 0.29) is 0 Å². The molecule has 2 atom stereocenters. The van der Waals surface area contributed by atoms with E-state index in [2.05, 4.69) is 43.4 Å². The Balaban J connectivity index is 1.87. The maximum absolute atomic E-state index is 3.72. The number of nitrogens with one attached hydrogen (secondary N) is 1. The number of rotatable bonds is 4. The predicted octanol–water partition coefficient (Wildman–Crippen LogP) is 5.16. The number of hydrogen-bond acceptors (Lipinski definition) is 1. The van der Waals surface area contributed by atoms with E-state index in [0.29, 0.717) is 6.04 Å². The summed E-state index contributed by atoms with van der Waals surface area (Å²) >= 11 is 0. The van der Waals surface area contributed by atoms with Crippen molar-refractivity contribution in [1.29, 1.82) is 0 Å². The van der Waals surface area contributed by atoms with Crippen molar-refractivity contribution in [3.8, 4) is 0 Å². The number of aryl methyl sites for hydroxylation is 1. The predicted molar refractivity (Wildman–Crippen MR) is 80.1 cm³/mol. The second-order valence-electron chi connectivity index (χ2n) is 5.87. The van der Waals surface area contributed by atoms with Crippen LogP contribution in [0.3, 0.4) is 0 Å². The van der Waals surface area contributed by atoms with Gasteiger partial charge >= 0.3 is 0 Å². The lowest BCUT2D eigenvalue weighted by Gasteiger charge is -2.18. The highest BCUT2D eigenvalue weighted by Gasteiger charge is 2.18. The third-order valence-corrected chi connectivity index (χ3v) is 4.17. The van der Waals surface area contributed by atoms with Gasteiger partial charge in [0, 0.05) is 11.7 Å². The lowest BCUT2D eigenvalue weighted by Crippen LogP contribution is -2.18. The lowest BCUT2D eigenvalue weighted by atomic mass is 9.95. The Hall–Kier alpha value is -0.980. The molecule has 0 bridgehead atoms. The molecule has 0 aliphatic heterocycles. The Bertz CT molecular complexity index is 358. The Kier molecular flexibility index (Phi) is 5.10. The van der Waals surface area contributed by atoms with Crippen molar-refractivity contribution < 1.29 is 0 Å². The van der Waals surface area contributed by atoms with Crippen LogP contribution in [0, 0.1) is 12.8 Å². The van der Waals surface area contributed by atoms with Gasteiger partial charge < -0.3 is 5.32 Å². The Morgan fingerprint density at radius 3 is 2.83 bits per heavy atom. The molecule has 0 saturated heterocycles. The summed E-state index contributed by atoms with van der Waals surface area (Å²) in [4.78, 5) is 0. The molecule has 0 spiro atoms. The third-order valence-electron chi connectivity index (χ3n) is 4.17. The van der Waals surface area contributed by atoms with E-state index in [1.54, 1.807) is 0 Å². The van der Waals surface area contributed by atoms with Crippen LogP contribution in [0.1, 0.15) is 57.4 Å². The zero-order chi connectivity index (χ0) is 12.8. The zero-order valence-electron chi connectivity index (χ0n) is 11.9. The van der Waals surface area contributed by atoms with E-state index in [0.717, 1.165) is 5.92 Å². The summed E-state index contributed by atoms with van der Waals surface area (Å²) in [7, 11) is 0. The highest BCUT2D eigenvalue weighted by Crippen LogP contribution is 2.28. The molecule has 1 saturated carbocycles. The summed E-state index contributed by atoms with van der Waals surface area (Å²) in [5.41, 5.74) is 2.64. The first kappa shape index (κ1) is 13.5. The normalized spacial score (nSPS) is 24.6. The fraction of sp³-hybridized carbons (Fsp3) is 0.647. The van der Waals surface area contributed by atoms with Crippen molar-refractivity contribution in [2.75, 3.05) is 5.32 Å². The molecule has 2 rings (SSSR count). The minimum absolute atomic E-state index is 0.689. The number of benzene rings is 1. The summed E-state index contributed by atoms with van der Waals surface area (Å²) in [6.07, 6.45) is 9.72. The molecule has 1 aromatic rings. The van der Waals surface area contributed by atoms with Gasteiger partial charge in [-0.1, -0.05) is 44.7 Å². The van der Waals surface area contributed by atoms with Crippen LogP contribution in [0.15, 0.2) is 24.3 Å². The standard InChI is InChI=1S/C17H27N/c1-3-6-15-8-5-9-16(12-11-15)18-17-10-4-7-14(2)13-17/h4,7,10,13,15-16,18H,3,5-6,8-9,11-12H2,1-2H3. The molecule has 0 heterocycles. The largest absolute Gasteiger partial charge is 0.382 e. The van der Waals surface area contributed by atoms with Gasteiger partial charge in [0.25, 0.3) is 0 Å². The lowest BCUT2D eigenvalue weighted by molar-refractivity contribution is 0.422. The maximum Gasteiger partial charge on any atom is 0.0344 e. The quantitative estimate of drug-likeness (QED) is 0.723. The first-order chi connectivity index (χ1) is 8.78. The van der Waals surface area contributed by atoms with Crippen LogP contribution in [-0.2, 0) is 0 Å². The molecular formula is C17H27N. The fourth-order valence-corrected chi connectivity index (χ4v) is 3.19. The van der Waals surface area contributed by atoms with Crippen LogP contribution in [0.25, 0.3) is 0 Å². The Morgan fingerprint density at radius 2 is 2.06 bits per heavy atom. The van der Waals surface area contributed by atoms with Gasteiger partial charge in [0.05, 0.1) is 0 Å². The maximum atomic E-state index is 3.72. The molecule has 0 aromatic heterocycles. The van der Waals surface area contributed by atoms with Gasteiger partial charge in [-0.25, -0.2) is 0 Å².